The van der Waals surface area contributed by atoms with E-state index in [2.05, 4.69) is 27.3 Å². The molecule has 0 spiro atoms. The molecule has 138 valence electrons. The third-order valence-electron chi connectivity index (χ3n) is 4.91. The molecular weight excluding hydrogens is 348 g/mol. The maximum absolute atomic E-state index is 12.4. The van der Waals surface area contributed by atoms with Crippen LogP contribution in [0.3, 0.4) is 0 Å². The second kappa shape index (κ2) is 8.49. The van der Waals surface area contributed by atoms with Crippen molar-refractivity contribution in [3.63, 3.8) is 0 Å². The summed E-state index contributed by atoms with van der Waals surface area (Å²) in [5.41, 5.74) is 1.80. The minimum Gasteiger partial charge on any atom is -0.354 e. The number of nitrogens with one attached hydrogen (secondary N) is 1. The second-order valence-corrected chi connectivity index (χ2v) is 7.32. The van der Waals surface area contributed by atoms with E-state index in [1.165, 1.54) is 0 Å². The first-order valence-electron chi connectivity index (χ1n) is 9.21. The Bertz CT molecular complexity index is 732. The zero-order chi connectivity index (χ0) is 18.5. The van der Waals surface area contributed by atoms with E-state index in [0.29, 0.717) is 11.6 Å². The summed E-state index contributed by atoms with van der Waals surface area (Å²) in [6, 6.07) is 11.7. The van der Waals surface area contributed by atoms with Crippen LogP contribution >= 0.6 is 11.6 Å². The van der Waals surface area contributed by atoms with Gasteiger partial charge in [0.05, 0.1) is 11.6 Å². The molecule has 0 radical (unpaired) electrons. The van der Waals surface area contributed by atoms with Gasteiger partial charge in [0.25, 0.3) is 0 Å². The van der Waals surface area contributed by atoms with Gasteiger partial charge in [-0.15, -0.1) is 10.2 Å². The van der Waals surface area contributed by atoms with Gasteiger partial charge in [0.1, 0.15) is 0 Å². The molecule has 5 nitrogen and oxygen atoms in total. The highest BCUT2D eigenvalue weighted by atomic mass is 35.5. The van der Waals surface area contributed by atoms with E-state index in [1.54, 1.807) is 0 Å². The molecule has 6 heteroatoms. The predicted molar refractivity (Wildman–Crippen MR) is 105 cm³/mol. The van der Waals surface area contributed by atoms with Crippen LogP contribution in [-0.4, -0.2) is 35.2 Å². The van der Waals surface area contributed by atoms with Crippen molar-refractivity contribution in [3.8, 4) is 11.3 Å². The van der Waals surface area contributed by atoms with Crippen LogP contribution in [0.25, 0.3) is 11.3 Å². The first-order chi connectivity index (χ1) is 12.6. The molecular formula is C20H25ClN4O. The fourth-order valence-electron chi connectivity index (χ4n) is 3.13. The maximum atomic E-state index is 12.4. The minimum atomic E-state index is 0.00971. The van der Waals surface area contributed by atoms with Crippen molar-refractivity contribution in [1.29, 1.82) is 0 Å². The molecule has 3 rings (SSSR count). The Kier molecular flexibility index (Phi) is 6.09. The van der Waals surface area contributed by atoms with Crippen molar-refractivity contribution in [2.24, 2.45) is 5.92 Å². The Labute approximate surface area is 159 Å². The van der Waals surface area contributed by atoms with Gasteiger partial charge in [-0.25, -0.2) is 0 Å². The van der Waals surface area contributed by atoms with Crippen LogP contribution in [0.2, 0.25) is 5.02 Å². The van der Waals surface area contributed by atoms with Crippen molar-refractivity contribution < 1.29 is 4.79 Å². The smallest absolute Gasteiger partial charge is 0.225 e. The Balaban J connectivity index is 1.66. The average Bonchev–Trinajstić information content (AvgIpc) is 2.68. The lowest BCUT2D eigenvalue weighted by atomic mass is 9.96. The van der Waals surface area contributed by atoms with Crippen molar-refractivity contribution >= 4 is 23.3 Å². The molecule has 2 atom stereocenters. The number of piperidine rings is 1. The van der Waals surface area contributed by atoms with E-state index >= 15 is 0 Å². The third-order valence-corrected chi connectivity index (χ3v) is 5.16. The molecule has 1 N–H and O–H groups in total. The Morgan fingerprint density at radius 3 is 2.69 bits per heavy atom. The molecule has 1 aliphatic heterocycles. The summed E-state index contributed by atoms with van der Waals surface area (Å²) in [5.74, 6) is 0.981. The average molecular weight is 373 g/mol. The van der Waals surface area contributed by atoms with Crippen LogP contribution < -0.4 is 10.2 Å². The molecule has 0 saturated carbocycles. The van der Waals surface area contributed by atoms with Crippen LogP contribution in [0.1, 0.15) is 33.1 Å². The summed E-state index contributed by atoms with van der Waals surface area (Å²) < 4.78 is 0. The molecule has 2 aromatic rings. The summed E-state index contributed by atoms with van der Waals surface area (Å²) in [6.45, 7) is 5.72. The van der Waals surface area contributed by atoms with E-state index < -0.39 is 0 Å². The molecule has 2 heterocycles. The molecule has 1 saturated heterocycles. The lowest BCUT2D eigenvalue weighted by Gasteiger charge is -2.33. The lowest BCUT2D eigenvalue weighted by Crippen LogP contribution is -2.45. The van der Waals surface area contributed by atoms with Gasteiger partial charge in [0.2, 0.25) is 5.91 Å². The number of hydrogen-bond donors (Lipinski definition) is 1. The molecule has 1 fully saturated rings. The van der Waals surface area contributed by atoms with Gasteiger partial charge in [-0.1, -0.05) is 30.7 Å². The van der Waals surface area contributed by atoms with E-state index in [9.17, 15) is 4.79 Å². The van der Waals surface area contributed by atoms with Gasteiger partial charge in [-0.2, -0.15) is 0 Å². The topological polar surface area (TPSA) is 58.1 Å². The van der Waals surface area contributed by atoms with E-state index in [-0.39, 0.29) is 17.9 Å². The second-order valence-electron chi connectivity index (χ2n) is 6.89. The number of amides is 1. The molecule has 0 aliphatic carbocycles. The van der Waals surface area contributed by atoms with Gasteiger partial charge in [0, 0.05) is 29.7 Å². The summed E-state index contributed by atoms with van der Waals surface area (Å²) >= 11 is 5.93. The van der Waals surface area contributed by atoms with E-state index in [4.69, 9.17) is 11.6 Å². The molecule has 1 aromatic carbocycles. The monoisotopic (exact) mass is 372 g/mol. The maximum Gasteiger partial charge on any atom is 0.225 e. The van der Waals surface area contributed by atoms with Gasteiger partial charge in [-0.05, 0) is 50.5 Å². The number of nitrogens with zero attached hydrogens (tertiary/aromatic N) is 3. The van der Waals surface area contributed by atoms with Crippen LogP contribution in [0.15, 0.2) is 36.4 Å². The summed E-state index contributed by atoms with van der Waals surface area (Å²) in [6.07, 6.45) is 2.86. The fourth-order valence-corrected chi connectivity index (χ4v) is 3.26. The predicted octanol–water partition coefficient (Wildman–Crippen LogP) is 3.93. The molecule has 1 aliphatic rings. The zero-order valence-corrected chi connectivity index (χ0v) is 16.0. The first-order valence-corrected chi connectivity index (χ1v) is 9.59. The highest BCUT2D eigenvalue weighted by Crippen LogP contribution is 2.24. The van der Waals surface area contributed by atoms with E-state index in [0.717, 1.165) is 42.9 Å². The molecule has 0 bridgehead atoms. The zero-order valence-electron chi connectivity index (χ0n) is 15.3. The standard InChI is InChI=1S/C20H25ClN4O/c1-3-14(2)22-20(26)16-5-4-12-25(13-16)19-11-10-18(23-24-19)15-6-8-17(21)9-7-15/h6-11,14,16H,3-5,12-13H2,1-2H3,(H,22,26). The minimum absolute atomic E-state index is 0.00971. The Morgan fingerprint density at radius 1 is 1.27 bits per heavy atom. The number of aromatic nitrogens is 2. The lowest BCUT2D eigenvalue weighted by molar-refractivity contribution is -0.125. The molecule has 1 aromatic heterocycles. The van der Waals surface area contributed by atoms with Crippen LogP contribution in [0.4, 0.5) is 5.82 Å². The normalized spacial score (nSPS) is 18.4. The number of benzene rings is 1. The van der Waals surface area contributed by atoms with Crippen molar-refractivity contribution in [2.75, 3.05) is 18.0 Å². The highest BCUT2D eigenvalue weighted by Gasteiger charge is 2.27. The SMILES string of the molecule is CCC(C)NC(=O)C1CCCN(c2ccc(-c3ccc(Cl)cc3)nn2)C1. The molecule has 1 amide bonds. The third kappa shape index (κ3) is 4.52. The fraction of sp³-hybridized carbons (Fsp3) is 0.450. The van der Waals surface area contributed by atoms with Gasteiger partial charge in [-0.3, -0.25) is 4.79 Å². The number of carbonyl (C=O) groups is 1. The van der Waals surface area contributed by atoms with Gasteiger partial charge in [0.15, 0.2) is 5.82 Å². The van der Waals surface area contributed by atoms with Gasteiger partial charge < -0.3 is 10.2 Å². The summed E-state index contributed by atoms with van der Waals surface area (Å²) in [4.78, 5) is 14.6. The quantitative estimate of drug-likeness (QED) is 0.863. The van der Waals surface area contributed by atoms with Gasteiger partial charge >= 0.3 is 0 Å². The largest absolute Gasteiger partial charge is 0.354 e. The summed E-state index contributed by atoms with van der Waals surface area (Å²) in [5, 5.41) is 12.5. The van der Waals surface area contributed by atoms with Crippen LogP contribution in [0.5, 0.6) is 0 Å². The first kappa shape index (κ1) is 18.6. The number of rotatable bonds is 5. The van der Waals surface area contributed by atoms with E-state index in [1.807, 2.05) is 43.3 Å². The van der Waals surface area contributed by atoms with Crippen LogP contribution in [-0.2, 0) is 4.79 Å². The van der Waals surface area contributed by atoms with Crippen LogP contribution in [0, 0.1) is 5.92 Å². The van der Waals surface area contributed by atoms with Crippen molar-refractivity contribution in [2.45, 2.75) is 39.2 Å². The highest BCUT2D eigenvalue weighted by molar-refractivity contribution is 6.30. The van der Waals surface area contributed by atoms with Crippen molar-refractivity contribution in [3.05, 3.63) is 41.4 Å². The molecule has 26 heavy (non-hydrogen) atoms. The Hall–Kier alpha value is -2.14. The molecule has 2 unspecified atom stereocenters. The number of halogens is 1. The number of anilines is 1. The summed E-state index contributed by atoms with van der Waals surface area (Å²) in [7, 11) is 0. The number of carbonyl (C=O) groups excluding carboxylic acids is 1. The number of hydrogen-bond acceptors (Lipinski definition) is 4. The Morgan fingerprint density at radius 2 is 2.04 bits per heavy atom. The van der Waals surface area contributed by atoms with Crippen molar-refractivity contribution in [1.82, 2.24) is 15.5 Å².